The molecule has 88 valence electrons. The monoisotopic (exact) mass is 235 g/mol. The van der Waals surface area contributed by atoms with E-state index in [-0.39, 0.29) is 0 Å². The number of aryl methyl sites for hydroxylation is 1. The maximum absolute atomic E-state index is 4.34. The second kappa shape index (κ2) is 4.45. The Kier molecular flexibility index (Phi) is 2.65. The molecule has 3 rings (SSSR count). The van der Waals surface area contributed by atoms with Crippen molar-refractivity contribution < 1.29 is 0 Å². The van der Waals surface area contributed by atoms with E-state index in [1.807, 2.05) is 48.5 Å². The van der Waals surface area contributed by atoms with Crippen molar-refractivity contribution in [2.45, 2.75) is 0 Å². The smallest absolute Gasteiger partial charge is 0.0701 e. The van der Waals surface area contributed by atoms with Crippen LogP contribution in [0.2, 0.25) is 0 Å². The summed E-state index contributed by atoms with van der Waals surface area (Å²) in [4.78, 5) is 4.34. The van der Waals surface area contributed by atoms with Gasteiger partial charge in [-0.3, -0.25) is 9.67 Å². The predicted molar refractivity (Wildman–Crippen MR) is 71.9 cm³/mol. The molecule has 0 fully saturated rings. The number of hydrogen-bond donors (Lipinski definition) is 0. The molecular weight excluding hydrogens is 222 g/mol. The zero-order chi connectivity index (χ0) is 12.4. The summed E-state index contributed by atoms with van der Waals surface area (Å²) < 4.78 is 1.81. The van der Waals surface area contributed by atoms with Crippen LogP contribution in [0.15, 0.2) is 61.1 Å². The Morgan fingerprint density at radius 3 is 2.28 bits per heavy atom. The lowest BCUT2D eigenvalue weighted by atomic mass is 10.1. The Morgan fingerprint density at radius 2 is 1.67 bits per heavy atom. The lowest BCUT2D eigenvalue weighted by Gasteiger charge is -2.02. The van der Waals surface area contributed by atoms with Gasteiger partial charge in [0.1, 0.15) is 0 Å². The minimum absolute atomic E-state index is 0.996. The van der Waals surface area contributed by atoms with E-state index in [9.17, 15) is 0 Å². The van der Waals surface area contributed by atoms with Crippen molar-refractivity contribution in [3.8, 4) is 22.4 Å². The van der Waals surface area contributed by atoms with E-state index in [0.717, 1.165) is 16.8 Å². The van der Waals surface area contributed by atoms with Gasteiger partial charge in [0.25, 0.3) is 0 Å². The molecule has 18 heavy (non-hydrogen) atoms. The normalized spacial score (nSPS) is 10.5. The minimum atomic E-state index is 0.996. The zero-order valence-corrected chi connectivity index (χ0v) is 10.1. The molecule has 0 amide bonds. The summed E-state index contributed by atoms with van der Waals surface area (Å²) in [5.74, 6) is 0. The fourth-order valence-corrected chi connectivity index (χ4v) is 1.94. The topological polar surface area (TPSA) is 30.7 Å². The minimum Gasteiger partial charge on any atom is -0.275 e. The van der Waals surface area contributed by atoms with Crippen molar-refractivity contribution in [3.05, 3.63) is 61.1 Å². The molecule has 0 aliphatic rings. The highest BCUT2D eigenvalue weighted by Gasteiger charge is 2.02. The van der Waals surface area contributed by atoms with E-state index in [1.165, 1.54) is 5.56 Å². The first-order valence-electron chi connectivity index (χ1n) is 5.83. The van der Waals surface area contributed by atoms with E-state index in [1.54, 1.807) is 0 Å². The molecule has 1 aromatic carbocycles. The van der Waals surface area contributed by atoms with Gasteiger partial charge in [0, 0.05) is 30.6 Å². The SMILES string of the molecule is Cn1cc(-c2ccc(-c3ccccn3)cc2)cn1. The van der Waals surface area contributed by atoms with Crippen LogP contribution >= 0.6 is 0 Å². The average Bonchev–Trinajstić information content (AvgIpc) is 2.87. The molecule has 0 saturated carbocycles. The maximum atomic E-state index is 4.34. The van der Waals surface area contributed by atoms with Crippen molar-refractivity contribution in [1.29, 1.82) is 0 Å². The van der Waals surface area contributed by atoms with E-state index in [0.29, 0.717) is 0 Å². The van der Waals surface area contributed by atoms with Crippen LogP contribution in [-0.2, 0) is 7.05 Å². The summed E-state index contributed by atoms with van der Waals surface area (Å²) in [5.41, 5.74) is 4.42. The molecule has 0 N–H and O–H groups in total. The zero-order valence-electron chi connectivity index (χ0n) is 10.1. The van der Waals surface area contributed by atoms with Crippen LogP contribution in [0, 0.1) is 0 Å². The molecule has 3 nitrogen and oxygen atoms in total. The number of hydrogen-bond acceptors (Lipinski definition) is 2. The summed E-state index contributed by atoms with van der Waals surface area (Å²) in [5, 5.41) is 4.18. The van der Waals surface area contributed by atoms with Crippen molar-refractivity contribution in [2.24, 2.45) is 7.05 Å². The van der Waals surface area contributed by atoms with Crippen LogP contribution < -0.4 is 0 Å². The highest BCUT2D eigenvalue weighted by atomic mass is 15.2. The molecule has 0 atom stereocenters. The van der Waals surface area contributed by atoms with Crippen molar-refractivity contribution >= 4 is 0 Å². The van der Waals surface area contributed by atoms with Crippen LogP contribution in [0.5, 0.6) is 0 Å². The third kappa shape index (κ3) is 2.02. The Labute approximate surface area is 106 Å². The Balaban J connectivity index is 1.94. The van der Waals surface area contributed by atoms with E-state index in [4.69, 9.17) is 0 Å². The van der Waals surface area contributed by atoms with Crippen molar-refractivity contribution in [1.82, 2.24) is 14.8 Å². The molecule has 0 spiro atoms. The summed E-state index contributed by atoms with van der Waals surface area (Å²) in [6.07, 6.45) is 5.69. The highest BCUT2D eigenvalue weighted by Crippen LogP contribution is 2.22. The van der Waals surface area contributed by atoms with Gasteiger partial charge in [-0.15, -0.1) is 0 Å². The van der Waals surface area contributed by atoms with Gasteiger partial charge in [-0.05, 0) is 17.7 Å². The number of rotatable bonds is 2. The van der Waals surface area contributed by atoms with Gasteiger partial charge in [-0.25, -0.2) is 0 Å². The van der Waals surface area contributed by atoms with Gasteiger partial charge < -0.3 is 0 Å². The first-order valence-corrected chi connectivity index (χ1v) is 5.83. The molecule has 0 bridgehead atoms. The van der Waals surface area contributed by atoms with Gasteiger partial charge >= 0.3 is 0 Å². The van der Waals surface area contributed by atoms with E-state index in [2.05, 4.69) is 34.3 Å². The predicted octanol–water partition coefficient (Wildman–Crippen LogP) is 3.15. The third-order valence-corrected chi connectivity index (χ3v) is 2.88. The standard InChI is InChI=1S/C15H13N3/c1-18-11-14(10-17-18)12-5-7-13(8-6-12)15-4-2-3-9-16-15/h2-11H,1H3. The molecule has 3 aromatic rings. The van der Waals surface area contributed by atoms with Gasteiger partial charge in [0.05, 0.1) is 11.9 Å². The van der Waals surface area contributed by atoms with Crippen LogP contribution in [0.1, 0.15) is 0 Å². The van der Waals surface area contributed by atoms with E-state index >= 15 is 0 Å². The molecule has 2 heterocycles. The van der Waals surface area contributed by atoms with Gasteiger partial charge in [-0.2, -0.15) is 5.10 Å². The summed E-state index contributed by atoms with van der Waals surface area (Å²) in [6, 6.07) is 14.3. The first kappa shape index (κ1) is 10.7. The lowest BCUT2D eigenvalue weighted by molar-refractivity contribution is 0.768. The maximum Gasteiger partial charge on any atom is 0.0701 e. The molecule has 3 heteroatoms. The number of pyridine rings is 1. The van der Waals surface area contributed by atoms with E-state index < -0.39 is 0 Å². The molecule has 0 unspecified atom stereocenters. The quantitative estimate of drug-likeness (QED) is 0.683. The van der Waals surface area contributed by atoms with Gasteiger partial charge in [0.15, 0.2) is 0 Å². The van der Waals surface area contributed by atoms with Crippen molar-refractivity contribution in [2.75, 3.05) is 0 Å². The second-order valence-corrected chi connectivity index (χ2v) is 4.20. The lowest BCUT2D eigenvalue weighted by Crippen LogP contribution is -1.84. The molecule has 0 aliphatic heterocycles. The summed E-state index contributed by atoms with van der Waals surface area (Å²) >= 11 is 0. The number of aromatic nitrogens is 3. The fraction of sp³-hybridized carbons (Fsp3) is 0.0667. The molecule has 2 aromatic heterocycles. The van der Waals surface area contributed by atoms with Crippen LogP contribution in [0.25, 0.3) is 22.4 Å². The highest BCUT2D eigenvalue weighted by molar-refractivity contribution is 5.67. The number of benzene rings is 1. The summed E-state index contributed by atoms with van der Waals surface area (Å²) in [6.45, 7) is 0. The van der Waals surface area contributed by atoms with Gasteiger partial charge in [-0.1, -0.05) is 30.3 Å². The average molecular weight is 235 g/mol. The second-order valence-electron chi connectivity index (χ2n) is 4.20. The van der Waals surface area contributed by atoms with Crippen LogP contribution in [-0.4, -0.2) is 14.8 Å². The van der Waals surface area contributed by atoms with Crippen LogP contribution in [0.3, 0.4) is 0 Å². The fourth-order valence-electron chi connectivity index (χ4n) is 1.94. The summed E-state index contributed by atoms with van der Waals surface area (Å²) in [7, 11) is 1.92. The molecular formula is C15H13N3. The van der Waals surface area contributed by atoms with Gasteiger partial charge in [0.2, 0.25) is 0 Å². The van der Waals surface area contributed by atoms with Crippen molar-refractivity contribution in [3.63, 3.8) is 0 Å². The first-order chi connectivity index (χ1) is 8.83. The molecule has 0 saturated heterocycles. The third-order valence-electron chi connectivity index (χ3n) is 2.88. The largest absolute Gasteiger partial charge is 0.275 e. The Hall–Kier alpha value is -2.42. The Morgan fingerprint density at radius 1 is 0.889 bits per heavy atom. The van der Waals surface area contributed by atoms with Crippen LogP contribution in [0.4, 0.5) is 0 Å². The molecule has 0 aliphatic carbocycles. The molecule has 0 radical (unpaired) electrons. The number of nitrogens with zero attached hydrogens (tertiary/aromatic N) is 3. The Bertz CT molecular complexity index is 639.